The lowest BCUT2D eigenvalue weighted by Crippen LogP contribution is -2.28. The molecule has 2 heterocycles. The number of carbonyl (C=O) groups excluding carboxylic acids is 2. The number of rotatable bonds is 5. The number of urea groups is 1. The molecule has 1 atom stereocenters. The molecule has 1 aromatic heterocycles. The van der Waals surface area contributed by atoms with Crippen LogP contribution in [0.4, 0.5) is 10.5 Å². The van der Waals surface area contributed by atoms with Gasteiger partial charge in [-0.3, -0.25) is 9.69 Å². The van der Waals surface area contributed by atoms with Gasteiger partial charge in [0.05, 0.1) is 6.04 Å². The normalized spacial score (nSPS) is 15.4. The lowest BCUT2D eigenvalue weighted by molar-refractivity contribution is -0.117. The molecule has 0 saturated carbocycles. The van der Waals surface area contributed by atoms with Gasteiger partial charge < -0.3 is 15.1 Å². The van der Waals surface area contributed by atoms with Crippen LogP contribution in [0.1, 0.15) is 30.0 Å². The minimum Gasteiger partial charge on any atom is -0.462 e. The molecule has 1 aromatic carbocycles. The molecule has 2 aromatic rings. The molecule has 3 amide bonds. The molecule has 2 N–H and O–H groups in total. The van der Waals surface area contributed by atoms with Crippen molar-refractivity contribution in [2.24, 2.45) is 0 Å². The fourth-order valence-corrected chi connectivity index (χ4v) is 2.71. The first-order valence-electron chi connectivity index (χ1n) is 8.23. The highest BCUT2D eigenvalue weighted by Crippen LogP contribution is 2.20. The third kappa shape index (κ3) is 4.09. The van der Waals surface area contributed by atoms with E-state index in [2.05, 4.69) is 10.6 Å². The predicted octanol–water partition coefficient (Wildman–Crippen LogP) is 3.01. The number of hydrogen-bond donors (Lipinski definition) is 2. The molecule has 0 aliphatic carbocycles. The number of nitrogens with zero attached hydrogens (tertiary/aromatic N) is 1. The second kappa shape index (κ2) is 7.25. The number of nitrogens with one attached hydrogen (secondary N) is 2. The standard InChI is InChI=1S/C19H21N3O3/c1-13-3-8-17(25-13)9-10-18(23)21-14(2)15-4-6-16(7-5-15)22-12-11-20-19(22)24/h3-10,14H,11-12H2,1-2H3,(H,20,24)(H,21,23)/b10-9+. The molecule has 1 aliphatic rings. The zero-order valence-electron chi connectivity index (χ0n) is 14.3. The Morgan fingerprint density at radius 3 is 2.64 bits per heavy atom. The number of carbonyl (C=O) groups is 2. The third-order valence-corrected chi connectivity index (χ3v) is 4.08. The average molecular weight is 339 g/mol. The van der Waals surface area contributed by atoms with E-state index in [1.54, 1.807) is 11.0 Å². The van der Waals surface area contributed by atoms with Crippen LogP contribution in [-0.2, 0) is 4.79 Å². The SMILES string of the molecule is Cc1ccc(/C=C/C(=O)NC(C)c2ccc(N3CCNC3=O)cc2)o1. The fourth-order valence-electron chi connectivity index (χ4n) is 2.71. The van der Waals surface area contributed by atoms with Gasteiger partial charge in [-0.2, -0.15) is 0 Å². The minimum atomic E-state index is -0.190. The Bertz CT molecular complexity index is 793. The molecule has 0 radical (unpaired) electrons. The molecule has 0 spiro atoms. The highest BCUT2D eigenvalue weighted by Gasteiger charge is 2.21. The van der Waals surface area contributed by atoms with Gasteiger partial charge in [0.15, 0.2) is 0 Å². The van der Waals surface area contributed by atoms with Crippen LogP contribution in [0.5, 0.6) is 0 Å². The van der Waals surface area contributed by atoms with Gasteiger partial charge >= 0.3 is 6.03 Å². The van der Waals surface area contributed by atoms with Crippen LogP contribution < -0.4 is 15.5 Å². The smallest absolute Gasteiger partial charge is 0.321 e. The molecule has 6 heteroatoms. The third-order valence-electron chi connectivity index (χ3n) is 4.08. The Morgan fingerprint density at radius 1 is 1.28 bits per heavy atom. The van der Waals surface area contributed by atoms with Crippen molar-refractivity contribution < 1.29 is 14.0 Å². The summed E-state index contributed by atoms with van der Waals surface area (Å²) in [5.41, 5.74) is 1.82. The largest absolute Gasteiger partial charge is 0.462 e. The van der Waals surface area contributed by atoms with Crippen molar-refractivity contribution in [2.45, 2.75) is 19.9 Å². The van der Waals surface area contributed by atoms with E-state index >= 15 is 0 Å². The fraction of sp³-hybridized carbons (Fsp3) is 0.263. The van der Waals surface area contributed by atoms with E-state index in [0.717, 1.165) is 17.0 Å². The Kier molecular flexibility index (Phi) is 4.88. The van der Waals surface area contributed by atoms with Crippen LogP contribution in [0, 0.1) is 6.92 Å². The summed E-state index contributed by atoms with van der Waals surface area (Å²) in [4.78, 5) is 25.4. The van der Waals surface area contributed by atoms with Crippen LogP contribution >= 0.6 is 0 Å². The van der Waals surface area contributed by atoms with Crippen LogP contribution in [-0.4, -0.2) is 25.0 Å². The molecule has 0 bridgehead atoms. The molecule has 130 valence electrons. The van der Waals surface area contributed by atoms with Gasteiger partial charge in [0.1, 0.15) is 11.5 Å². The van der Waals surface area contributed by atoms with Crippen molar-refractivity contribution >= 4 is 23.7 Å². The Morgan fingerprint density at radius 2 is 2.04 bits per heavy atom. The van der Waals surface area contributed by atoms with E-state index in [1.165, 1.54) is 6.08 Å². The van der Waals surface area contributed by atoms with Crippen molar-refractivity contribution in [3.05, 3.63) is 59.6 Å². The van der Waals surface area contributed by atoms with Crippen molar-refractivity contribution in [1.82, 2.24) is 10.6 Å². The highest BCUT2D eigenvalue weighted by molar-refractivity contribution is 5.94. The molecular formula is C19H21N3O3. The first kappa shape index (κ1) is 16.8. The lowest BCUT2D eigenvalue weighted by Gasteiger charge is -2.17. The molecule has 6 nitrogen and oxygen atoms in total. The van der Waals surface area contributed by atoms with Crippen LogP contribution in [0.2, 0.25) is 0 Å². The van der Waals surface area contributed by atoms with Gasteiger partial charge in [0.2, 0.25) is 5.91 Å². The van der Waals surface area contributed by atoms with Gasteiger partial charge in [-0.05, 0) is 49.8 Å². The molecule has 1 unspecified atom stereocenters. The van der Waals surface area contributed by atoms with E-state index in [-0.39, 0.29) is 18.0 Å². The molecular weight excluding hydrogens is 318 g/mol. The summed E-state index contributed by atoms with van der Waals surface area (Å²) < 4.78 is 5.39. The second-order valence-corrected chi connectivity index (χ2v) is 5.99. The summed E-state index contributed by atoms with van der Waals surface area (Å²) in [7, 11) is 0. The van der Waals surface area contributed by atoms with E-state index in [4.69, 9.17) is 4.42 Å². The first-order chi connectivity index (χ1) is 12.0. The maximum absolute atomic E-state index is 12.0. The van der Waals surface area contributed by atoms with Gasteiger partial charge in [-0.15, -0.1) is 0 Å². The van der Waals surface area contributed by atoms with Crippen molar-refractivity contribution in [3.8, 4) is 0 Å². The molecule has 1 aliphatic heterocycles. The summed E-state index contributed by atoms with van der Waals surface area (Å²) in [5.74, 6) is 1.26. The van der Waals surface area contributed by atoms with Crippen molar-refractivity contribution in [2.75, 3.05) is 18.0 Å². The first-order valence-corrected chi connectivity index (χ1v) is 8.23. The number of hydrogen-bond acceptors (Lipinski definition) is 3. The van der Waals surface area contributed by atoms with Gasteiger partial charge in [0, 0.05) is 24.9 Å². The van der Waals surface area contributed by atoms with Gasteiger partial charge in [0.25, 0.3) is 0 Å². The Balaban J connectivity index is 1.59. The quantitative estimate of drug-likeness (QED) is 0.822. The van der Waals surface area contributed by atoms with E-state index < -0.39 is 0 Å². The second-order valence-electron chi connectivity index (χ2n) is 5.99. The van der Waals surface area contributed by atoms with Gasteiger partial charge in [-0.1, -0.05) is 12.1 Å². The molecule has 3 rings (SSSR count). The predicted molar refractivity (Wildman–Crippen MR) is 96.2 cm³/mol. The average Bonchev–Trinajstić information content (AvgIpc) is 3.21. The van der Waals surface area contributed by atoms with E-state index in [9.17, 15) is 9.59 Å². The van der Waals surface area contributed by atoms with Crippen LogP contribution in [0.25, 0.3) is 6.08 Å². The maximum atomic E-state index is 12.0. The number of aryl methyl sites for hydroxylation is 1. The zero-order valence-corrected chi connectivity index (χ0v) is 14.3. The highest BCUT2D eigenvalue weighted by atomic mass is 16.3. The van der Waals surface area contributed by atoms with Gasteiger partial charge in [-0.25, -0.2) is 4.79 Å². The maximum Gasteiger partial charge on any atom is 0.321 e. The Hall–Kier alpha value is -3.02. The molecule has 1 fully saturated rings. The van der Waals surface area contributed by atoms with Crippen molar-refractivity contribution in [3.63, 3.8) is 0 Å². The number of benzene rings is 1. The Labute approximate surface area is 146 Å². The van der Waals surface area contributed by atoms with Crippen LogP contribution in [0.3, 0.4) is 0 Å². The number of furan rings is 1. The lowest BCUT2D eigenvalue weighted by atomic mass is 10.1. The number of anilines is 1. The van der Waals surface area contributed by atoms with E-state index in [0.29, 0.717) is 18.8 Å². The zero-order chi connectivity index (χ0) is 17.8. The summed E-state index contributed by atoms with van der Waals surface area (Å²) in [6.45, 7) is 5.10. The minimum absolute atomic E-state index is 0.0765. The monoisotopic (exact) mass is 339 g/mol. The topological polar surface area (TPSA) is 74.6 Å². The number of amides is 3. The summed E-state index contributed by atoms with van der Waals surface area (Å²) in [6, 6.07) is 11.1. The molecule has 25 heavy (non-hydrogen) atoms. The van der Waals surface area contributed by atoms with Crippen LogP contribution in [0.15, 0.2) is 46.9 Å². The summed E-state index contributed by atoms with van der Waals surface area (Å²) >= 11 is 0. The summed E-state index contributed by atoms with van der Waals surface area (Å²) in [6.07, 6.45) is 3.10. The van der Waals surface area contributed by atoms with E-state index in [1.807, 2.05) is 50.2 Å². The molecule has 1 saturated heterocycles. The summed E-state index contributed by atoms with van der Waals surface area (Å²) in [5, 5.41) is 5.69. The van der Waals surface area contributed by atoms with Crippen molar-refractivity contribution in [1.29, 1.82) is 0 Å².